The molecule has 0 aliphatic rings. The van der Waals surface area contributed by atoms with E-state index >= 15 is 0 Å². The summed E-state index contributed by atoms with van der Waals surface area (Å²) in [5.41, 5.74) is 7.61. The molecule has 3 N–H and O–H groups in total. The van der Waals surface area contributed by atoms with E-state index in [1.54, 1.807) is 19.9 Å². The fraction of sp³-hybridized carbons (Fsp3) is 0.333. The lowest BCUT2D eigenvalue weighted by Gasteiger charge is -2.06. The third-order valence-electron chi connectivity index (χ3n) is 2.93. The van der Waals surface area contributed by atoms with Gasteiger partial charge in [0.25, 0.3) is 10.0 Å². The highest BCUT2D eigenvalue weighted by Gasteiger charge is 2.17. The average Bonchev–Trinajstić information content (AvgIpc) is 2.76. The van der Waals surface area contributed by atoms with E-state index in [9.17, 15) is 8.42 Å². The van der Waals surface area contributed by atoms with Gasteiger partial charge < -0.3 is 10.3 Å². The maximum Gasteiger partial charge on any atom is 0.258 e. The molecule has 7 nitrogen and oxygen atoms in total. The van der Waals surface area contributed by atoms with Gasteiger partial charge in [-0.05, 0) is 25.5 Å². The summed E-state index contributed by atoms with van der Waals surface area (Å²) in [4.78, 5) is 3.90. The number of hydrogen-bond donors (Lipinski definition) is 2. The van der Waals surface area contributed by atoms with Crippen LogP contribution in [-0.4, -0.2) is 18.6 Å². The number of rotatable bonds is 5. The van der Waals surface area contributed by atoms with Crippen molar-refractivity contribution < 1.29 is 12.9 Å². The van der Waals surface area contributed by atoms with Crippen molar-refractivity contribution in [2.24, 2.45) is 5.73 Å². The minimum Gasteiger partial charge on any atom is -0.361 e. The molecular weight excluding hydrogens is 280 g/mol. The fourth-order valence-electron chi connectivity index (χ4n) is 1.69. The van der Waals surface area contributed by atoms with Gasteiger partial charge in [-0.15, -0.1) is 0 Å². The number of nitrogens with two attached hydrogens (primary N) is 1. The van der Waals surface area contributed by atoms with Crippen LogP contribution < -0.4 is 10.5 Å². The zero-order chi connectivity index (χ0) is 14.8. The first-order valence-corrected chi connectivity index (χ1v) is 7.49. The zero-order valence-electron chi connectivity index (χ0n) is 11.3. The number of aromatic nitrogens is 2. The first kappa shape index (κ1) is 14.6. The molecule has 0 fully saturated rings. The van der Waals surface area contributed by atoms with Crippen LogP contribution in [0.3, 0.4) is 0 Å². The molecule has 0 amide bonds. The molecule has 2 heterocycles. The van der Waals surface area contributed by atoms with Gasteiger partial charge in [0.15, 0.2) is 5.03 Å². The number of hydrogen-bond acceptors (Lipinski definition) is 6. The first-order valence-electron chi connectivity index (χ1n) is 6.00. The predicted molar refractivity (Wildman–Crippen MR) is 72.1 cm³/mol. The topological polar surface area (TPSA) is 111 Å². The quantitative estimate of drug-likeness (QED) is 0.837. The van der Waals surface area contributed by atoms with Gasteiger partial charge >= 0.3 is 0 Å². The largest absolute Gasteiger partial charge is 0.361 e. The smallest absolute Gasteiger partial charge is 0.258 e. The van der Waals surface area contributed by atoms with E-state index in [-0.39, 0.29) is 11.6 Å². The highest BCUT2D eigenvalue weighted by Crippen LogP contribution is 2.13. The highest BCUT2D eigenvalue weighted by atomic mass is 32.2. The third-order valence-corrected chi connectivity index (χ3v) is 4.25. The van der Waals surface area contributed by atoms with Crippen molar-refractivity contribution in [3.63, 3.8) is 0 Å². The van der Waals surface area contributed by atoms with E-state index in [2.05, 4.69) is 14.9 Å². The molecule has 0 bridgehead atoms. The van der Waals surface area contributed by atoms with Crippen molar-refractivity contribution in [3.05, 3.63) is 40.9 Å². The lowest BCUT2D eigenvalue weighted by Crippen LogP contribution is -2.24. The molecule has 0 saturated carbocycles. The molecule has 0 aliphatic carbocycles. The van der Waals surface area contributed by atoms with Gasteiger partial charge in [-0.3, -0.25) is 0 Å². The lowest BCUT2D eigenvalue weighted by molar-refractivity contribution is 0.392. The van der Waals surface area contributed by atoms with Gasteiger partial charge in [0.1, 0.15) is 5.76 Å². The van der Waals surface area contributed by atoms with Crippen LogP contribution in [0.15, 0.2) is 27.9 Å². The lowest BCUT2D eigenvalue weighted by atomic mass is 10.2. The van der Waals surface area contributed by atoms with E-state index < -0.39 is 10.0 Å². The summed E-state index contributed by atoms with van der Waals surface area (Å²) in [6.07, 6.45) is 1.45. The number of nitrogens with zero attached hydrogens (tertiary/aromatic N) is 2. The van der Waals surface area contributed by atoms with Crippen LogP contribution in [0, 0.1) is 13.8 Å². The van der Waals surface area contributed by atoms with E-state index in [1.165, 1.54) is 12.3 Å². The van der Waals surface area contributed by atoms with Crippen LogP contribution in [0.2, 0.25) is 0 Å². The van der Waals surface area contributed by atoms with Crippen molar-refractivity contribution in [2.45, 2.75) is 32.0 Å². The van der Waals surface area contributed by atoms with Crippen molar-refractivity contribution in [2.75, 3.05) is 0 Å². The molecule has 2 aromatic heterocycles. The SMILES string of the molecule is Cc1noc(C)c1CNS(=O)(=O)c1ccc(CN)cn1. The maximum absolute atomic E-state index is 12.1. The first-order chi connectivity index (χ1) is 9.44. The highest BCUT2D eigenvalue weighted by molar-refractivity contribution is 7.89. The van der Waals surface area contributed by atoms with Crippen molar-refractivity contribution in [3.8, 4) is 0 Å². The summed E-state index contributed by atoms with van der Waals surface area (Å²) in [7, 11) is -3.67. The molecule has 2 rings (SSSR count). The molecule has 20 heavy (non-hydrogen) atoms. The van der Waals surface area contributed by atoms with E-state index in [4.69, 9.17) is 10.3 Å². The normalized spacial score (nSPS) is 11.8. The molecule has 0 unspecified atom stereocenters. The van der Waals surface area contributed by atoms with Crippen LogP contribution in [0.5, 0.6) is 0 Å². The number of pyridine rings is 1. The Hall–Kier alpha value is -1.77. The second kappa shape index (κ2) is 5.70. The van der Waals surface area contributed by atoms with Crippen LogP contribution in [0.4, 0.5) is 0 Å². The monoisotopic (exact) mass is 296 g/mol. The molecule has 0 aliphatic heterocycles. The Morgan fingerprint density at radius 3 is 2.60 bits per heavy atom. The Kier molecular flexibility index (Phi) is 4.17. The molecule has 0 atom stereocenters. The second-order valence-corrected chi connectivity index (χ2v) is 6.05. The summed E-state index contributed by atoms with van der Waals surface area (Å²) < 4.78 is 31.6. The maximum atomic E-state index is 12.1. The summed E-state index contributed by atoms with van der Waals surface area (Å²) in [5, 5.41) is 3.73. The van der Waals surface area contributed by atoms with E-state index in [0.717, 1.165) is 11.1 Å². The van der Waals surface area contributed by atoms with Crippen molar-refractivity contribution >= 4 is 10.0 Å². The van der Waals surface area contributed by atoms with Crippen molar-refractivity contribution in [1.82, 2.24) is 14.9 Å². The molecule has 0 radical (unpaired) electrons. The predicted octanol–water partition coefficient (Wildman–Crippen LogP) is 0.624. The summed E-state index contributed by atoms with van der Waals surface area (Å²) in [5.74, 6) is 0.594. The van der Waals surface area contributed by atoms with Crippen LogP contribution in [0.1, 0.15) is 22.6 Å². The summed E-state index contributed by atoms with van der Waals surface area (Å²) in [6.45, 7) is 3.93. The van der Waals surface area contributed by atoms with Crippen LogP contribution >= 0.6 is 0 Å². The van der Waals surface area contributed by atoms with Gasteiger partial charge in [-0.1, -0.05) is 11.2 Å². The van der Waals surface area contributed by atoms with Gasteiger partial charge in [0, 0.05) is 24.8 Å². The molecule has 108 valence electrons. The Morgan fingerprint density at radius 1 is 1.35 bits per heavy atom. The summed E-state index contributed by atoms with van der Waals surface area (Å²) >= 11 is 0. The Balaban J connectivity index is 2.15. The third kappa shape index (κ3) is 3.03. The number of nitrogens with one attached hydrogen (secondary N) is 1. The Morgan fingerprint density at radius 2 is 2.10 bits per heavy atom. The van der Waals surface area contributed by atoms with E-state index in [1.807, 2.05) is 0 Å². The minimum absolute atomic E-state index is 0.0403. The summed E-state index contributed by atoms with van der Waals surface area (Å²) in [6, 6.07) is 3.06. The molecule has 2 aromatic rings. The molecular formula is C12H16N4O3S. The van der Waals surface area contributed by atoms with Gasteiger partial charge in [0.05, 0.1) is 5.69 Å². The van der Waals surface area contributed by atoms with Gasteiger partial charge in [0.2, 0.25) is 0 Å². The number of sulfonamides is 1. The zero-order valence-corrected chi connectivity index (χ0v) is 12.1. The molecule has 0 spiro atoms. The van der Waals surface area contributed by atoms with Gasteiger partial charge in [-0.25, -0.2) is 18.1 Å². The minimum atomic E-state index is -3.67. The standard InChI is InChI=1S/C12H16N4O3S/c1-8-11(9(2)19-16-8)7-15-20(17,18)12-4-3-10(5-13)6-14-12/h3-4,6,15H,5,7,13H2,1-2H3. The number of aryl methyl sites for hydroxylation is 2. The molecule has 8 heteroatoms. The van der Waals surface area contributed by atoms with E-state index in [0.29, 0.717) is 18.0 Å². The average molecular weight is 296 g/mol. The Bertz CT molecular complexity index is 672. The second-order valence-electron chi connectivity index (χ2n) is 4.34. The molecule has 0 aromatic carbocycles. The van der Waals surface area contributed by atoms with Crippen molar-refractivity contribution in [1.29, 1.82) is 0 Å². The Labute approximate surface area is 117 Å². The van der Waals surface area contributed by atoms with Crippen LogP contribution in [0.25, 0.3) is 0 Å². The fourth-order valence-corrected chi connectivity index (χ4v) is 2.61. The molecule has 0 saturated heterocycles. The van der Waals surface area contributed by atoms with Crippen LogP contribution in [-0.2, 0) is 23.1 Å². The van der Waals surface area contributed by atoms with Gasteiger partial charge in [-0.2, -0.15) is 0 Å².